The fraction of sp³-hybridized carbons (Fsp3) is 0.737. The summed E-state index contributed by atoms with van der Waals surface area (Å²) >= 11 is 0. The summed E-state index contributed by atoms with van der Waals surface area (Å²) in [4.78, 5) is 9.10. The lowest BCUT2D eigenvalue weighted by molar-refractivity contribution is -0.0563. The summed E-state index contributed by atoms with van der Waals surface area (Å²) in [5.41, 5.74) is 1.12. The molecule has 1 aromatic rings. The van der Waals surface area contributed by atoms with E-state index in [1.54, 1.807) is 0 Å². The lowest BCUT2D eigenvalue weighted by Gasteiger charge is -2.31. The molecule has 2 saturated heterocycles. The van der Waals surface area contributed by atoms with Gasteiger partial charge in [-0.25, -0.2) is 0 Å². The molecule has 134 valence electrons. The minimum atomic E-state index is -0.138. The first-order valence-electron chi connectivity index (χ1n) is 9.09. The first-order chi connectivity index (χ1) is 11.6. The van der Waals surface area contributed by atoms with Gasteiger partial charge in [-0.15, -0.1) is 0 Å². The Morgan fingerprint density at radius 3 is 3.08 bits per heavy atom. The van der Waals surface area contributed by atoms with Gasteiger partial charge in [-0.05, 0) is 44.9 Å². The Labute approximate surface area is 145 Å². The van der Waals surface area contributed by atoms with Crippen LogP contribution in [0.2, 0.25) is 0 Å². The fourth-order valence-corrected chi connectivity index (χ4v) is 3.75. The molecule has 3 heterocycles. The monoisotopic (exact) mass is 333 g/mol. The van der Waals surface area contributed by atoms with Gasteiger partial charge >= 0.3 is 0 Å². The van der Waals surface area contributed by atoms with Crippen LogP contribution in [0.15, 0.2) is 24.5 Å². The maximum Gasteiger partial charge on any atom is 0.104 e. The van der Waals surface area contributed by atoms with Crippen LogP contribution in [0.3, 0.4) is 0 Å². The third-order valence-corrected chi connectivity index (χ3v) is 5.27. The Bertz CT molecular complexity index is 511. The molecule has 5 nitrogen and oxygen atoms in total. The van der Waals surface area contributed by atoms with Crippen LogP contribution in [0, 0.1) is 5.92 Å². The van der Waals surface area contributed by atoms with Gasteiger partial charge in [0.15, 0.2) is 0 Å². The molecule has 0 bridgehead atoms. The summed E-state index contributed by atoms with van der Waals surface area (Å²) in [6, 6.07) is 4.72. The number of pyridine rings is 1. The lowest BCUT2D eigenvalue weighted by Crippen LogP contribution is -2.44. The number of ether oxygens (including phenoxy) is 2. The van der Waals surface area contributed by atoms with E-state index in [0.717, 1.165) is 52.4 Å². The molecule has 5 heteroatoms. The molecule has 2 atom stereocenters. The number of hydrogen-bond acceptors (Lipinski definition) is 5. The van der Waals surface area contributed by atoms with Crippen LogP contribution < -0.4 is 0 Å². The van der Waals surface area contributed by atoms with Gasteiger partial charge in [0.25, 0.3) is 0 Å². The molecular weight excluding hydrogens is 302 g/mol. The highest BCUT2D eigenvalue weighted by molar-refractivity contribution is 5.08. The zero-order valence-electron chi connectivity index (χ0n) is 15.3. The van der Waals surface area contributed by atoms with Gasteiger partial charge < -0.3 is 14.4 Å². The smallest absolute Gasteiger partial charge is 0.104 e. The second-order valence-electron chi connectivity index (χ2n) is 7.72. The Kier molecular flexibility index (Phi) is 5.87. The highest BCUT2D eigenvalue weighted by atomic mass is 16.5. The largest absolute Gasteiger partial charge is 0.377 e. The molecule has 0 saturated carbocycles. The molecule has 3 rings (SSSR count). The van der Waals surface area contributed by atoms with Crippen LogP contribution in [-0.4, -0.2) is 72.9 Å². The van der Waals surface area contributed by atoms with Crippen molar-refractivity contribution in [2.24, 2.45) is 5.92 Å². The van der Waals surface area contributed by atoms with Crippen molar-refractivity contribution in [3.8, 4) is 0 Å². The molecule has 0 radical (unpaired) electrons. The molecule has 2 aliphatic heterocycles. The summed E-state index contributed by atoms with van der Waals surface area (Å²) in [5, 5.41) is 0. The van der Waals surface area contributed by atoms with Crippen LogP contribution in [-0.2, 0) is 16.0 Å². The van der Waals surface area contributed by atoms with Crippen molar-refractivity contribution >= 4 is 0 Å². The van der Waals surface area contributed by atoms with Gasteiger partial charge in [-0.1, -0.05) is 6.07 Å². The average Bonchev–Trinajstić information content (AvgIpc) is 2.83. The van der Waals surface area contributed by atoms with Crippen LogP contribution in [0.1, 0.15) is 25.8 Å². The molecule has 0 aliphatic carbocycles. The van der Waals surface area contributed by atoms with E-state index in [0.29, 0.717) is 12.0 Å². The predicted octanol–water partition coefficient (Wildman–Crippen LogP) is 2.03. The third-order valence-electron chi connectivity index (χ3n) is 5.27. The lowest BCUT2D eigenvalue weighted by atomic mass is 9.93. The molecule has 1 spiro atoms. The number of rotatable bonds is 5. The van der Waals surface area contributed by atoms with Crippen molar-refractivity contribution in [3.63, 3.8) is 0 Å². The van der Waals surface area contributed by atoms with Gasteiger partial charge in [-0.2, -0.15) is 0 Å². The molecule has 1 aromatic heterocycles. The second-order valence-corrected chi connectivity index (χ2v) is 7.72. The van der Waals surface area contributed by atoms with Gasteiger partial charge in [0.2, 0.25) is 0 Å². The van der Waals surface area contributed by atoms with Gasteiger partial charge in [0.1, 0.15) is 5.60 Å². The standard InChI is InChI=1S/C19H31N3O2/c1-16(2)21(3)11-18-9-19(24-13-18)14-22(7-8-23-15-19)12-17-5-4-6-20-10-17/h4-6,10,16,18H,7-9,11-15H2,1-3H3/t18-,19+/m0/s1. The Hall–Kier alpha value is -1.01. The Morgan fingerprint density at radius 2 is 2.33 bits per heavy atom. The van der Waals surface area contributed by atoms with Crippen molar-refractivity contribution in [2.75, 3.05) is 46.5 Å². The summed E-state index contributed by atoms with van der Waals surface area (Å²) in [6.07, 6.45) is 4.87. The van der Waals surface area contributed by atoms with Crippen molar-refractivity contribution in [1.29, 1.82) is 0 Å². The highest BCUT2D eigenvalue weighted by Crippen LogP contribution is 2.33. The van der Waals surface area contributed by atoms with Crippen molar-refractivity contribution in [2.45, 2.75) is 38.5 Å². The molecule has 2 fully saturated rings. The maximum absolute atomic E-state index is 6.31. The minimum absolute atomic E-state index is 0.138. The van der Waals surface area contributed by atoms with E-state index in [-0.39, 0.29) is 5.60 Å². The quantitative estimate of drug-likeness (QED) is 0.824. The van der Waals surface area contributed by atoms with E-state index >= 15 is 0 Å². The summed E-state index contributed by atoms with van der Waals surface area (Å²) < 4.78 is 12.2. The topological polar surface area (TPSA) is 37.8 Å². The first kappa shape index (κ1) is 17.8. The summed E-state index contributed by atoms with van der Waals surface area (Å²) in [5.74, 6) is 0.597. The summed E-state index contributed by atoms with van der Waals surface area (Å²) in [7, 11) is 2.20. The van der Waals surface area contributed by atoms with Crippen LogP contribution >= 0.6 is 0 Å². The Morgan fingerprint density at radius 1 is 1.46 bits per heavy atom. The molecule has 24 heavy (non-hydrogen) atoms. The van der Waals surface area contributed by atoms with Gasteiger partial charge in [0, 0.05) is 44.6 Å². The predicted molar refractivity (Wildman–Crippen MR) is 94.9 cm³/mol. The second kappa shape index (κ2) is 7.91. The van der Waals surface area contributed by atoms with E-state index in [1.165, 1.54) is 5.56 Å². The van der Waals surface area contributed by atoms with Crippen molar-refractivity contribution in [1.82, 2.24) is 14.8 Å². The molecule has 0 unspecified atom stereocenters. The van der Waals surface area contributed by atoms with Gasteiger partial charge in [0.05, 0.1) is 19.8 Å². The van der Waals surface area contributed by atoms with Crippen molar-refractivity contribution in [3.05, 3.63) is 30.1 Å². The molecule has 2 aliphatic rings. The zero-order valence-corrected chi connectivity index (χ0v) is 15.3. The number of aromatic nitrogens is 1. The number of hydrogen-bond donors (Lipinski definition) is 0. The molecule has 0 amide bonds. The van der Waals surface area contributed by atoms with Crippen LogP contribution in [0.4, 0.5) is 0 Å². The normalized spacial score (nSPS) is 28.8. The molecular formula is C19H31N3O2. The third kappa shape index (κ3) is 4.54. The van der Waals surface area contributed by atoms with E-state index in [9.17, 15) is 0 Å². The van der Waals surface area contributed by atoms with E-state index in [4.69, 9.17) is 9.47 Å². The minimum Gasteiger partial charge on any atom is -0.377 e. The highest BCUT2D eigenvalue weighted by Gasteiger charge is 2.43. The molecule has 0 aromatic carbocycles. The fourth-order valence-electron chi connectivity index (χ4n) is 3.75. The van der Waals surface area contributed by atoms with Crippen molar-refractivity contribution < 1.29 is 9.47 Å². The Balaban J connectivity index is 1.60. The van der Waals surface area contributed by atoms with E-state index in [1.807, 2.05) is 18.5 Å². The zero-order chi connectivity index (χ0) is 17.0. The van der Waals surface area contributed by atoms with Crippen LogP contribution in [0.25, 0.3) is 0 Å². The van der Waals surface area contributed by atoms with Gasteiger partial charge in [-0.3, -0.25) is 9.88 Å². The first-order valence-corrected chi connectivity index (χ1v) is 9.09. The van der Waals surface area contributed by atoms with E-state index < -0.39 is 0 Å². The number of nitrogens with zero attached hydrogens (tertiary/aromatic N) is 3. The average molecular weight is 333 g/mol. The maximum atomic E-state index is 6.31. The SMILES string of the molecule is CC(C)N(C)C[C@H]1CO[C@]2(COCCN(Cc3cccnc3)C2)C1. The van der Waals surface area contributed by atoms with Crippen LogP contribution in [0.5, 0.6) is 0 Å². The molecule has 0 N–H and O–H groups in total. The summed E-state index contributed by atoms with van der Waals surface area (Å²) in [6.45, 7) is 10.8. The van der Waals surface area contributed by atoms with E-state index in [2.05, 4.69) is 41.7 Å².